The highest BCUT2D eigenvalue weighted by Crippen LogP contribution is 2.59. The van der Waals surface area contributed by atoms with Crippen molar-refractivity contribution in [1.29, 1.82) is 0 Å². The van der Waals surface area contributed by atoms with Gasteiger partial charge in [0, 0.05) is 6.20 Å². The first-order chi connectivity index (χ1) is 22.7. The number of aliphatic hydroxyl groups excluding tert-OH is 2. The number of nitrogen functional groups attached to an aromatic ring is 1. The minimum Gasteiger partial charge on any atom is -0.752 e. The fourth-order valence-corrected chi connectivity index (χ4v) is 7.65. The zero-order chi connectivity index (χ0) is 37.3. The van der Waals surface area contributed by atoms with Crippen molar-refractivity contribution in [2.75, 3.05) is 39.2 Å². The van der Waals surface area contributed by atoms with Crippen molar-refractivity contribution in [3.63, 3.8) is 0 Å². The molecule has 2 heterocycles. The number of hydrogen-bond donors (Lipinski definition) is 5. The Morgan fingerprint density at radius 3 is 1.90 bits per heavy atom. The molecule has 1 fully saturated rings. The lowest BCUT2D eigenvalue weighted by molar-refractivity contribution is -1.04. The van der Waals surface area contributed by atoms with Gasteiger partial charge in [0.25, 0.3) is 10.1 Å². The molecule has 1 saturated heterocycles. The maximum absolute atomic E-state index is 11.9. The summed E-state index contributed by atoms with van der Waals surface area (Å²) in [6, 6.07) is 1.25. The molecule has 21 heteroatoms. The van der Waals surface area contributed by atoms with E-state index >= 15 is 0 Å². The van der Waals surface area contributed by atoms with E-state index in [4.69, 9.17) is 15.0 Å². The Kier molecular flexibility index (Phi) is 20.4. The highest BCUT2D eigenvalue weighted by atomic mass is 32.2. The van der Waals surface area contributed by atoms with Gasteiger partial charge in [-0.2, -0.15) is 18.0 Å². The Labute approximate surface area is 289 Å². The van der Waals surface area contributed by atoms with Crippen LogP contribution in [0.15, 0.2) is 17.1 Å². The van der Waals surface area contributed by atoms with E-state index in [9.17, 15) is 42.3 Å². The molecular weight excluding hydrogens is 710 g/mol. The number of anilines is 1. The minimum atomic E-state index is -5.23. The molecule has 0 saturated carbocycles. The average molecular weight is 767 g/mol. The summed E-state index contributed by atoms with van der Waals surface area (Å²) in [5.41, 5.74) is 4.50. The molecule has 288 valence electrons. The molecule has 6 N–H and O–H groups in total. The molecule has 1 aliphatic rings. The van der Waals surface area contributed by atoms with Crippen LogP contribution in [-0.4, -0.2) is 94.1 Å². The number of nitrogens with two attached hydrogens (primary N) is 1. The van der Waals surface area contributed by atoms with E-state index in [2.05, 4.69) is 25.4 Å². The topological polar surface area (TPSA) is 270 Å². The molecule has 0 spiro atoms. The molecular formula is C28H56N4O14P2S. The van der Waals surface area contributed by atoms with E-state index in [-0.39, 0.29) is 11.6 Å². The summed E-state index contributed by atoms with van der Waals surface area (Å²) in [5.74, 6) is -0.152. The van der Waals surface area contributed by atoms with E-state index in [0.717, 1.165) is 17.4 Å². The molecule has 49 heavy (non-hydrogen) atoms. The highest BCUT2D eigenvalue weighted by molar-refractivity contribution is 7.85. The number of nitrogens with zero attached hydrogens (tertiary/aromatic N) is 3. The number of rotatable bonds is 23. The first-order valence-electron chi connectivity index (χ1n) is 16.5. The Bertz CT molecular complexity index is 1360. The van der Waals surface area contributed by atoms with Crippen LogP contribution in [0.2, 0.25) is 0 Å². The van der Waals surface area contributed by atoms with Gasteiger partial charge in [-0.05, 0) is 12.5 Å². The number of quaternary nitrogens is 1. The smallest absolute Gasteiger partial charge is 0.478 e. The van der Waals surface area contributed by atoms with Gasteiger partial charge in [-0.1, -0.05) is 90.4 Å². The predicted octanol–water partition coefficient (Wildman–Crippen LogP) is 3.04. The van der Waals surface area contributed by atoms with Gasteiger partial charge in [0.1, 0.15) is 24.1 Å². The maximum Gasteiger partial charge on any atom is 0.478 e. The third kappa shape index (κ3) is 21.0. The molecule has 0 radical (unpaired) electrons. The SMILES string of the molecule is CCCCCCCCCCCCCCCCS(=O)(=O)O.C[N+](C)(C)OP(=O)([O-])OP(=O)(O)OC[C@H]1O[C@@H](n2ccc(N)nc2=O)[C@H](O)[C@@H]1O. The average Bonchev–Trinajstić information content (AvgIpc) is 3.23. The van der Waals surface area contributed by atoms with Crippen LogP contribution in [-0.2, 0) is 37.4 Å². The molecule has 18 nitrogen and oxygen atoms in total. The molecule has 0 amide bonds. The van der Waals surface area contributed by atoms with Crippen LogP contribution in [0.4, 0.5) is 5.82 Å². The number of aliphatic hydroxyl groups is 2. The van der Waals surface area contributed by atoms with Crippen molar-refractivity contribution >= 4 is 31.6 Å². The summed E-state index contributed by atoms with van der Waals surface area (Å²) in [5, 5.41) is 20.1. The monoisotopic (exact) mass is 766 g/mol. The number of hydroxylamine groups is 3. The zero-order valence-corrected chi connectivity index (χ0v) is 31.5. The first kappa shape index (κ1) is 45.7. The standard InChI is InChI=1S/C16H34O3S.C12H22N4O11P2/c1-2-3-4-5-6-7-8-9-10-11-12-13-14-15-16-20(17,18)19;1-16(2,3)26-29(22,23)27-28(20,21)24-6-7-9(17)10(18)11(25-7)15-5-4-8(13)14-12(15)19/h2-16H2,1H3,(H,17,18,19);4-5,7,9-11,17-18H,6H2,1-3H3,(H3-,13,14,19,20,21,22,23)/t;7-,9-,10-,11-/m.1/s1. The molecule has 2 unspecified atom stereocenters. The van der Waals surface area contributed by atoms with E-state index in [0.29, 0.717) is 6.42 Å². The maximum atomic E-state index is 11.9. The summed E-state index contributed by atoms with van der Waals surface area (Å²) < 4.78 is 71.7. The molecule has 1 aromatic heterocycles. The van der Waals surface area contributed by atoms with Crippen molar-refractivity contribution in [1.82, 2.24) is 9.55 Å². The van der Waals surface area contributed by atoms with E-state index in [1.807, 2.05) is 0 Å². The summed E-state index contributed by atoms with van der Waals surface area (Å²) in [4.78, 5) is 36.6. The van der Waals surface area contributed by atoms with Gasteiger partial charge >= 0.3 is 21.3 Å². The van der Waals surface area contributed by atoms with Gasteiger partial charge in [-0.15, -0.1) is 4.62 Å². The Morgan fingerprint density at radius 1 is 0.959 bits per heavy atom. The first-order valence-corrected chi connectivity index (χ1v) is 21.1. The predicted molar refractivity (Wildman–Crippen MR) is 179 cm³/mol. The van der Waals surface area contributed by atoms with Crippen molar-refractivity contribution in [2.45, 2.75) is 121 Å². The summed E-state index contributed by atoms with van der Waals surface area (Å²) in [6.45, 7) is 1.40. The van der Waals surface area contributed by atoms with Crippen LogP contribution in [0, 0.1) is 0 Å². The van der Waals surface area contributed by atoms with Crippen LogP contribution in [0.3, 0.4) is 0 Å². The fourth-order valence-electron chi connectivity index (χ4n) is 4.83. The molecule has 6 atom stereocenters. The fraction of sp³-hybridized carbons (Fsp3) is 0.857. The largest absolute Gasteiger partial charge is 0.752 e. The number of hydrogen-bond acceptors (Lipinski definition) is 14. The van der Waals surface area contributed by atoms with Crippen molar-refractivity contribution in [3.05, 3.63) is 22.7 Å². The molecule has 1 aliphatic heterocycles. The van der Waals surface area contributed by atoms with Gasteiger partial charge in [0.05, 0.1) is 33.5 Å². The Morgan fingerprint density at radius 2 is 1.45 bits per heavy atom. The number of aromatic nitrogens is 2. The lowest BCUT2D eigenvalue weighted by atomic mass is 10.0. The second-order valence-electron chi connectivity index (χ2n) is 12.7. The zero-order valence-electron chi connectivity index (χ0n) is 28.9. The van der Waals surface area contributed by atoms with Crippen molar-refractivity contribution in [2.24, 2.45) is 0 Å². The lowest BCUT2D eigenvalue weighted by Gasteiger charge is -2.30. The third-order valence-corrected chi connectivity index (χ3v) is 10.8. The second kappa shape index (κ2) is 21.9. The minimum absolute atomic E-state index is 0.0734. The van der Waals surface area contributed by atoms with Gasteiger partial charge < -0.3 is 30.5 Å². The summed E-state index contributed by atoms with van der Waals surface area (Å²) >= 11 is 0. The van der Waals surface area contributed by atoms with Crippen LogP contribution in [0.1, 0.15) is 103 Å². The van der Waals surface area contributed by atoms with Gasteiger partial charge in [0.15, 0.2) is 6.23 Å². The van der Waals surface area contributed by atoms with E-state index < -0.39 is 67.2 Å². The van der Waals surface area contributed by atoms with Crippen LogP contribution < -0.4 is 16.3 Å². The summed E-state index contributed by atoms with van der Waals surface area (Å²) in [6.07, 6.45) is 12.5. The lowest BCUT2D eigenvalue weighted by Crippen LogP contribution is -2.36. The van der Waals surface area contributed by atoms with E-state index in [1.165, 1.54) is 104 Å². The third-order valence-electron chi connectivity index (χ3n) is 7.17. The van der Waals surface area contributed by atoms with Crippen molar-refractivity contribution in [3.8, 4) is 0 Å². The number of ether oxygens (including phenoxy) is 1. The highest BCUT2D eigenvalue weighted by Gasteiger charge is 2.45. The van der Waals surface area contributed by atoms with Crippen LogP contribution in [0.25, 0.3) is 0 Å². The van der Waals surface area contributed by atoms with Crippen molar-refractivity contribution < 1.29 is 64.9 Å². The van der Waals surface area contributed by atoms with Gasteiger partial charge in [0.2, 0.25) is 0 Å². The number of phosphoric ester groups is 1. The number of unbranched alkanes of at least 4 members (excludes halogenated alkanes) is 13. The molecule has 1 aromatic rings. The van der Waals surface area contributed by atoms with Crippen LogP contribution in [0.5, 0.6) is 0 Å². The molecule has 0 bridgehead atoms. The van der Waals surface area contributed by atoms with Crippen LogP contribution >= 0.6 is 15.6 Å². The van der Waals surface area contributed by atoms with E-state index in [1.54, 1.807) is 0 Å². The molecule has 0 aromatic carbocycles. The Balaban J connectivity index is 0.000000528. The second-order valence-corrected chi connectivity index (χ2v) is 17.2. The molecule has 2 rings (SSSR count). The quantitative estimate of drug-likeness (QED) is 0.0352. The number of phosphoric acid groups is 2. The molecule has 0 aliphatic carbocycles. The normalized spacial score (nSPS) is 22.2. The Hall–Kier alpha value is -1.31. The van der Waals surface area contributed by atoms with Gasteiger partial charge in [-0.25, -0.2) is 13.7 Å². The van der Waals surface area contributed by atoms with Gasteiger partial charge in [-0.3, -0.25) is 18.2 Å². The summed E-state index contributed by atoms with van der Waals surface area (Å²) in [7, 11) is -10.2.